The summed E-state index contributed by atoms with van der Waals surface area (Å²) >= 11 is 0. The van der Waals surface area contributed by atoms with Gasteiger partial charge < -0.3 is 5.32 Å². The number of carbonyl (C=O) groups excluding carboxylic acids is 1. The van der Waals surface area contributed by atoms with Gasteiger partial charge in [0, 0.05) is 17.4 Å². The Balaban J connectivity index is 1.67. The molecule has 0 atom stereocenters. The number of rotatable bonds is 3. The van der Waals surface area contributed by atoms with Gasteiger partial charge in [0.05, 0.1) is 6.20 Å². The molecule has 0 aliphatic rings. The van der Waals surface area contributed by atoms with Gasteiger partial charge in [-0.3, -0.25) is 14.3 Å². The van der Waals surface area contributed by atoms with Crippen LogP contribution < -0.4 is 5.32 Å². The van der Waals surface area contributed by atoms with Crippen LogP contribution in [0, 0.1) is 13.8 Å². The summed E-state index contributed by atoms with van der Waals surface area (Å²) in [5.74, 6) is 1.12. The van der Waals surface area contributed by atoms with Crippen LogP contribution in [0.15, 0.2) is 48.8 Å². The summed E-state index contributed by atoms with van der Waals surface area (Å²) in [6.45, 7) is 3.79. The monoisotopic (exact) mass is 332 g/mol. The maximum absolute atomic E-state index is 12.7. The van der Waals surface area contributed by atoms with Crippen molar-refractivity contribution in [2.75, 3.05) is 5.32 Å². The first-order chi connectivity index (χ1) is 12.1. The lowest BCUT2D eigenvalue weighted by molar-refractivity contribution is 0.102. The topological polar surface area (TPSA) is 88.0 Å². The Morgan fingerprint density at radius 3 is 2.88 bits per heavy atom. The van der Waals surface area contributed by atoms with Crippen molar-refractivity contribution in [3.8, 4) is 11.4 Å². The first-order valence-electron chi connectivity index (χ1n) is 7.85. The second-order valence-corrected chi connectivity index (χ2v) is 5.80. The first-order valence-corrected chi connectivity index (χ1v) is 7.85. The highest BCUT2D eigenvalue weighted by Crippen LogP contribution is 2.23. The molecule has 4 rings (SSSR count). The van der Waals surface area contributed by atoms with E-state index in [0.717, 1.165) is 28.3 Å². The van der Waals surface area contributed by atoms with E-state index < -0.39 is 0 Å². The van der Waals surface area contributed by atoms with Gasteiger partial charge in [-0.15, -0.1) is 0 Å². The van der Waals surface area contributed by atoms with E-state index in [-0.39, 0.29) is 5.91 Å². The second-order valence-electron chi connectivity index (χ2n) is 5.80. The molecular formula is C18H16N6O. The van der Waals surface area contributed by atoms with Crippen LogP contribution in [0.5, 0.6) is 0 Å². The lowest BCUT2D eigenvalue weighted by Gasteiger charge is -2.09. The maximum atomic E-state index is 12.7. The average Bonchev–Trinajstić information content (AvgIpc) is 3.23. The number of imidazole rings is 1. The van der Waals surface area contributed by atoms with Crippen molar-refractivity contribution in [2.24, 2.45) is 0 Å². The van der Waals surface area contributed by atoms with Gasteiger partial charge in [0.2, 0.25) is 0 Å². The van der Waals surface area contributed by atoms with E-state index in [2.05, 4.69) is 25.5 Å². The maximum Gasteiger partial charge on any atom is 0.274 e. The largest absolute Gasteiger partial charge is 0.320 e. The Morgan fingerprint density at radius 2 is 2.08 bits per heavy atom. The van der Waals surface area contributed by atoms with E-state index in [0.29, 0.717) is 11.5 Å². The van der Waals surface area contributed by atoms with Crippen LogP contribution in [0.2, 0.25) is 0 Å². The van der Waals surface area contributed by atoms with Crippen molar-refractivity contribution in [1.82, 2.24) is 24.6 Å². The van der Waals surface area contributed by atoms with Crippen molar-refractivity contribution in [3.05, 3.63) is 65.9 Å². The third kappa shape index (κ3) is 2.76. The molecule has 0 aliphatic carbocycles. The van der Waals surface area contributed by atoms with Crippen LogP contribution in [-0.4, -0.2) is 30.5 Å². The number of aromatic nitrogens is 5. The fourth-order valence-electron chi connectivity index (χ4n) is 2.65. The quantitative estimate of drug-likeness (QED) is 0.604. The molecule has 124 valence electrons. The Kier molecular flexibility index (Phi) is 3.53. The average molecular weight is 332 g/mol. The summed E-state index contributed by atoms with van der Waals surface area (Å²) in [7, 11) is 0. The third-order valence-electron chi connectivity index (χ3n) is 3.99. The smallest absolute Gasteiger partial charge is 0.274 e. The number of amides is 1. The minimum atomic E-state index is -0.217. The van der Waals surface area contributed by atoms with Gasteiger partial charge in [-0.2, -0.15) is 5.10 Å². The van der Waals surface area contributed by atoms with Crippen molar-refractivity contribution in [2.45, 2.75) is 13.8 Å². The van der Waals surface area contributed by atoms with Gasteiger partial charge in [-0.05, 0) is 37.6 Å². The van der Waals surface area contributed by atoms with Crippen LogP contribution >= 0.6 is 0 Å². The Labute approximate surface area is 143 Å². The predicted molar refractivity (Wildman–Crippen MR) is 94.4 cm³/mol. The number of pyridine rings is 1. The molecule has 4 aromatic rings. The molecule has 3 aromatic heterocycles. The van der Waals surface area contributed by atoms with Crippen LogP contribution in [0.3, 0.4) is 0 Å². The number of hydrogen-bond donors (Lipinski definition) is 2. The van der Waals surface area contributed by atoms with Crippen molar-refractivity contribution < 1.29 is 4.79 Å². The van der Waals surface area contributed by atoms with Gasteiger partial charge in [0.1, 0.15) is 17.2 Å². The molecule has 1 amide bonds. The third-order valence-corrected chi connectivity index (χ3v) is 3.99. The van der Waals surface area contributed by atoms with E-state index in [1.165, 1.54) is 0 Å². The first kappa shape index (κ1) is 15.1. The van der Waals surface area contributed by atoms with Crippen LogP contribution in [-0.2, 0) is 0 Å². The number of nitrogens with zero attached hydrogens (tertiary/aromatic N) is 4. The van der Waals surface area contributed by atoms with Crippen LogP contribution in [0.25, 0.3) is 17.0 Å². The van der Waals surface area contributed by atoms with Gasteiger partial charge in [-0.25, -0.2) is 9.97 Å². The SMILES string of the molecule is Cc1nc(-c2ccc(C)c(NC(=O)c3cnc4ccccn34)c2)n[nH]1. The number of hydrogen-bond acceptors (Lipinski definition) is 4. The van der Waals surface area contributed by atoms with Gasteiger partial charge >= 0.3 is 0 Å². The molecule has 0 bridgehead atoms. The predicted octanol–water partition coefficient (Wildman–Crippen LogP) is 2.99. The molecule has 7 nitrogen and oxygen atoms in total. The number of anilines is 1. The Hall–Kier alpha value is -3.48. The molecule has 0 saturated heterocycles. The summed E-state index contributed by atoms with van der Waals surface area (Å²) in [4.78, 5) is 21.3. The van der Waals surface area contributed by atoms with E-state index in [1.807, 2.05) is 56.4 Å². The Morgan fingerprint density at radius 1 is 1.20 bits per heavy atom. The molecule has 3 heterocycles. The summed E-state index contributed by atoms with van der Waals surface area (Å²) in [5, 5.41) is 9.94. The van der Waals surface area contributed by atoms with Crippen molar-refractivity contribution in [1.29, 1.82) is 0 Å². The molecule has 25 heavy (non-hydrogen) atoms. The highest BCUT2D eigenvalue weighted by atomic mass is 16.1. The standard InChI is InChI=1S/C18H16N6O/c1-11-6-7-13(17-20-12(2)22-23-17)9-14(11)21-18(25)15-10-19-16-5-3-4-8-24(15)16/h3-10H,1-2H3,(H,21,25)(H,20,22,23). The van der Waals surface area contributed by atoms with E-state index in [4.69, 9.17) is 0 Å². The molecule has 0 radical (unpaired) electrons. The Bertz CT molecular complexity index is 1080. The van der Waals surface area contributed by atoms with Gasteiger partial charge in [0.25, 0.3) is 5.91 Å². The molecule has 7 heteroatoms. The van der Waals surface area contributed by atoms with E-state index in [9.17, 15) is 4.79 Å². The van der Waals surface area contributed by atoms with Crippen molar-refractivity contribution >= 4 is 17.2 Å². The molecule has 0 saturated carbocycles. The van der Waals surface area contributed by atoms with E-state index >= 15 is 0 Å². The summed E-state index contributed by atoms with van der Waals surface area (Å²) in [6.07, 6.45) is 3.39. The fraction of sp³-hybridized carbons (Fsp3) is 0.111. The number of nitrogens with one attached hydrogen (secondary N) is 2. The summed E-state index contributed by atoms with van der Waals surface area (Å²) in [5.41, 5.74) is 3.72. The minimum Gasteiger partial charge on any atom is -0.320 e. The molecule has 0 unspecified atom stereocenters. The second kappa shape index (κ2) is 5.86. The van der Waals surface area contributed by atoms with Crippen LogP contribution in [0.1, 0.15) is 21.9 Å². The lowest BCUT2D eigenvalue weighted by Crippen LogP contribution is -2.15. The molecule has 2 N–H and O–H groups in total. The number of benzene rings is 1. The van der Waals surface area contributed by atoms with Crippen LogP contribution in [0.4, 0.5) is 5.69 Å². The fourth-order valence-corrected chi connectivity index (χ4v) is 2.65. The van der Waals surface area contributed by atoms with Gasteiger partial charge in [0.15, 0.2) is 5.82 Å². The highest BCUT2D eigenvalue weighted by Gasteiger charge is 2.14. The molecule has 0 spiro atoms. The lowest BCUT2D eigenvalue weighted by atomic mass is 10.1. The molecule has 1 aromatic carbocycles. The number of H-pyrrole nitrogens is 1. The number of aromatic amines is 1. The van der Waals surface area contributed by atoms with Crippen molar-refractivity contribution in [3.63, 3.8) is 0 Å². The van der Waals surface area contributed by atoms with E-state index in [1.54, 1.807) is 10.6 Å². The van der Waals surface area contributed by atoms with Gasteiger partial charge in [-0.1, -0.05) is 18.2 Å². The zero-order chi connectivity index (χ0) is 17.4. The zero-order valence-corrected chi connectivity index (χ0v) is 13.8. The summed E-state index contributed by atoms with van der Waals surface area (Å²) in [6, 6.07) is 11.3. The summed E-state index contributed by atoms with van der Waals surface area (Å²) < 4.78 is 1.76. The zero-order valence-electron chi connectivity index (χ0n) is 13.8. The minimum absolute atomic E-state index is 0.217. The number of carbonyl (C=O) groups is 1. The molecular weight excluding hydrogens is 316 g/mol. The molecule has 0 aliphatic heterocycles. The normalized spacial score (nSPS) is 11.0. The molecule has 0 fully saturated rings. The number of fused-ring (bicyclic) bond motifs is 1. The highest BCUT2D eigenvalue weighted by molar-refractivity contribution is 6.04. The number of aryl methyl sites for hydroxylation is 2.